The lowest BCUT2D eigenvalue weighted by Gasteiger charge is -2.35. The molecule has 2 N–H and O–H groups in total. The summed E-state index contributed by atoms with van der Waals surface area (Å²) in [6, 6.07) is 5.87. The molecule has 1 saturated heterocycles. The molecule has 0 atom stereocenters. The van der Waals surface area contributed by atoms with Gasteiger partial charge in [-0.25, -0.2) is 4.98 Å². The average Bonchev–Trinajstić information content (AvgIpc) is 2.99. The molecule has 3 rings (SSSR count). The second-order valence-corrected chi connectivity index (χ2v) is 6.98. The second kappa shape index (κ2) is 6.93. The number of rotatable bonds is 4. The maximum absolute atomic E-state index is 12.2. The molecule has 0 radical (unpaired) electrons. The van der Waals surface area contributed by atoms with Crippen molar-refractivity contribution >= 4 is 40.0 Å². The lowest BCUT2D eigenvalue weighted by atomic mass is 10.3. The molecule has 1 fully saturated rings. The number of amides is 1. The Bertz CT molecular complexity index is 626. The molecule has 22 heavy (non-hydrogen) atoms. The van der Waals surface area contributed by atoms with Gasteiger partial charge in [-0.05, 0) is 12.1 Å². The van der Waals surface area contributed by atoms with E-state index in [1.165, 1.54) is 23.1 Å². The molecular weight excluding hydrogens is 320 g/mol. The minimum absolute atomic E-state index is 0.124. The number of anilines is 2. The van der Waals surface area contributed by atoms with Gasteiger partial charge in [0.05, 0.1) is 5.75 Å². The Kier molecular flexibility index (Phi) is 4.74. The molecule has 1 aliphatic heterocycles. The number of carbonyl (C=O) groups excluding carboxylic acids is 1. The molecule has 0 aromatic carbocycles. The van der Waals surface area contributed by atoms with Gasteiger partial charge < -0.3 is 15.5 Å². The van der Waals surface area contributed by atoms with Crippen LogP contribution in [0.2, 0.25) is 0 Å². The van der Waals surface area contributed by atoms with Crippen LogP contribution in [0.3, 0.4) is 0 Å². The first kappa shape index (κ1) is 15.0. The van der Waals surface area contributed by atoms with Gasteiger partial charge in [-0.2, -0.15) is 0 Å². The summed E-state index contributed by atoms with van der Waals surface area (Å²) in [6.07, 6.45) is 1.79. The maximum Gasteiger partial charge on any atom is 0.233 e. The Morgan fingerprint density at radius 2 is 2.09 bits per heavy atom. The maximum atomic E-state index is 12.2. The van der Waals surface area contributed by atoms with Crippen LogP contribution in [-0.4, -0.2) is 57.9 Å². The van der Waals surface area contributed by atoms with Crippen molar-refractivity contribution in [3.05, 3.63) is 24.4 Å². The number of hydrogen-bond acceptors (Lipinski definition) is 8. The third-order valence-corrected chi connectivity index (χ3v) is 5.22. The third-order valence-electron chi connectivity index (χ3n) is 3.35. The number of nitrogens with zero attached hydrogens (tertiary/aromatic N) is 5. The van der Waals surface area contributed by atoms with Gasteiger partial charge in [0.15, 0.2) is 4.34 Å². The SMILES string of the molecule is Nc1nnc(SCC(=O)N2CCN(c3ccccn3)CC2)s1. The lowest BCUT2D eigenvalue weighted by Crippen LogP contribution is -2.49. The summed E-state index contributed by atoms with van der Waals surface area (Å²) >= 11 is 2.69. The van der Waals surface area contributed by atoms with Crippen molar-refractivity contribution in [2.24, 2.45) is 0 Å². The zero-order chi connectivity index (χ0) is 15.4. The predicted molar refractivity (Wildman–Crippen MR) is 88.1 cm³/mol. The molecule has 116 valence electrons. The fourth-order valence-electron chi connectivity index (χ4n) is 2.22. The van der Waals surface area contributed by atoms with Crippen LogP contribution >= 0.6 is 23.1 Å². The standard InChI is InChI=1S/C13H16N6OS2/c14-12-16-17-13(22-12)21-9-11(20)19-7-5-18(6-8-19)10-3-1-2-4-15-10/h1-4H,5-9H2,(H2,14,16). The largest absolute Gasteiger partial charge is 0.374 e. The van der Waals surface area contributed by atoms with Gasteiger partial charge in [-0.3, -0.25) is 4.79 Å². The first-order chi connectivity index (χ1) is 10.7. The van der Waals surface area contributed by atoms with E-state index >= 15 is 0 Å². The van der Waals surface area contributed by atoms with E-state index in [4.69, 9.17) is 5.73 Å². The van der Waals surface area contributed by atoms with Gasteiger partial charge in [0.2, 0.25) is 11.0 Å². The Morgan fingerprint density at radius 3 is 2.73 bits per heavy atom. The number of nitrogens with two attached hydrogens (primary N) is 1. The fraction of sp³-hybridized carbons (Fsp3) is 0.385. The number of pyridine rings is 1. The van der Waals surface area contributed by atoms with E-state index in [2.05, 4.69) is 20.1 Å². The third kappa shape index (κ3) is 3.66. The first-order valence-corrected chi connectivity index (χ1v) is 8.68. The van der Waals surface area contributed by atoms with E-state index in [0.717, 1.165) is 23.2 Å². The Morgan fingerprint density at radius 1 is 1.27 bits per heavy atom. The number of piperazine rings is 1. The van der Waals surface area contributed by atoms with Crippen molar-refractivity contribution in [3.8, 4) is 0 Å². The highest BCUT2D eigenvalue weighted by molar-refractivity contribution is 8.01. The van der Waals surface area contributed by atoms with E-state index in [0.29, 0.717) is 24.0 Å². The normalized spacial score (nSPS) is 15.1. The number of thioether (sulfide) groups is 1. The van der Waals surface area contributed by atoms with E-state index in [1.54, 1.807) is 6.20 Å². The van der Waals surface area contributed by atoms with E-state index in [9.17, 15) is 4.79 Å². The highest BCUT2D eigenvalue weighted by Crippen LogP contribution is 2.24. The van der Waals surface area contributed by atoms with Crippen molar-refractivity contribution in [2.75, 3.05) is 42.6 Å². The molecule has 9 heteroatoms. The number of carbonyl (C=O) groups is 1. The van der Waals surface area contributed by atoms with Gasteiger partial charge in [0, 0.05) is 32.4 Å². The minimum atomic E-state index is 0.124. The minimum Gasteiger partial charge on any atom is -0.374 e. The predicted octanol–water partition coefficient (Wildman–Crippen LogP) is 0.956. The van der Waals surface area contributed by atoms with E-state index < -0.39 is 0 Å². The van der Waals surface area contributed by atoms with Crippen molar-refractivity contribution in [1.82, 2.24) is 20.1 Å². The highest BCUT2D eigenvalue weighted by atomic mass is 32.2. The number of aromatic nitrogens is 3. The smallest absolute Gasteiger partial charge is 0.233 e. The highest BCUT2D eigenvalue weighted by Gasteiger charge is 2.22. The van der Waals surface area contributed by atoms with Crippen molar-refractivity contribution in [1.29, 1.82) is 0 Å². The summed E-state index contributed by atoms with van der Waals surface area (Å²) in [7, 11) is 0. The summed E-state index contributed by atoms with van der Waals surface area (Å²) in [5.74, 6) is 1.46. The zero-order valence-corrected chi connectivity index (χ0v) is 13.5. The molecule has 0 aliphatic carbocycles. The van der Waals surface area contributed by atoms with Gasteiger partial charge >= 0.3 is 0 Å². The molecule has 0 spiro atoms. The van der Waals surface area contributed by atoms with Crippen LogP contribution in [0.15, 0.2) is 28.7 Å². The van der Waals surface area contributed by atoms with Crippen molar-refractivity contribution in [2.45, 2.75) is 4.34 Å². The van der Waals surface area contributed by atoms with E-state index in [1.807, 2.05) is 23.1 Å². The van der Waals surface area contributed by atoms with Crippen molar-refractivity contribution in [3.63, 3.8) is 0 Å². The molecular formula is C13H16N6OS2. The molecule has 2 aromatic heterocycles. The van der Waals surface area contributed by atoms with Gasteiger partial charge in [0.25, 0.3) is 0 Å². The lowest BCUT2D eigenvalue weighted by molar-refractivity contribution is -0.128. The summed E-state index contributed by atoms with van der Waals surface area (Å²) in [4.78, 5) is 20.6. The summed E-state index contributed by atoms with van der Waals surface area (Å²) in [6.45, 7) is 3.04. The Balaban J connectivity index is 1.47. The van der Waals surface area contributed by atoms with Crippen LogP contribution in [0.5, 0.6) is 0 Å². The Hall–Kier alpha value is -1.87. The molecule has 0 saturated carbocycles. The van der Waals surface area contributed by atoms with Gasteiger partial charge in [0.1, 0.15) is 5.82 Å². The number of hydrogen-bond donors (Lipinski definition) is 1. The van der Waals surface area contributed by atoms with Crippen LogP contribution in [0, 0.1) is 0 Å². The average molecular weight is 336 g/mol. The van der Waals surface area contributed by atoms with Crippen LogP contribution in [-0.2, 0) is 4.79 Å². The molecule has 0 bridgehead atoms. The van der Waals surface area contributed by atoms with Crippen molar-refractivity contribution < 1.29 is 4.79 Å². The van der Waals surface area contributed by atoms with Crippen LogP contribution in [0.1, 0.15) is 0 Å². The number of nitrogen functional groups attached to an aromatic ring is 1. The van der Waals surface area contributed by atoms with Crippen LogP contribution < -0.4 is 10.6 Å². The summed E-state index contributed by atoms with van der Waals surface area (Å²) in [5, 5.41) is 8.07. The monoisotopic (exact) mass is 336 g/mol. The molecule has 2 aromatic rings. The zero-order valence-electron chi connectivity index (χ0n) is 11.9. The first-order valence-electron chi connectivity index (χ1n) is 6.88. The molecule has 7 nitrogen and oxygen atoms in total. The summed E-state index contributed by atoms with van der Waals surface area (Å²) < 4.78 is 0.734. The molecule has 3 heterocycles. The summed E-state index contributed by atoms with van der Waals surface area (Å²) in [5.41, 5.74) is 5.52. The fourth-order valence-corrected chi connectivity index (χ4v) is 3.76. The van der Waals surface area contributed by atoms with Crippen LogP contribution in [0.25, 0.3) is 0 Å². The van der Waals surface area contributed by atoms with Gasteiger partial charge in [-0.1, -0.05) is 29.2 Å². The Labute approximate surface area is 136 Å². The van der Waals surface area contributed by atoms with E-state index in [-0.39, 0.29) is 5.91 Å². The van der Waals surface area contributed by atoms with Crippen LogP contribution in [0.4, 0.5) is 10.9 Å². The topological polar surface area (TPSA) is 88.2 Å². The molecule has 1 aliphatic rings. The molecule has 1 amide bonds. The quantitative estimate of drug-likeness (QED) is 0.832. The second-order valence-electron chi connectivity index (χ2n) is 4.75. The van der Waals surface area contributed by atoms with Gasteiger partial charge in [-0.15, -0.1) is 10.2 Å². The molecule has 0 unspecified atom stereocenters.